The number of aromatic nitrogens is 2. The molecule has 0 bridgehead atoms. The van der Waals surface area contributed by atoms with E-state index < -0.39 is 6.67 Å². The standard InChI is InChI=1S/C17H19FN2O3/c18-5-7-21-8-9-22-10-11-23-13-3-4-14-15-2-1-6-19-17(15)20-16(14)12-13/h1-4,6,12H,5,7-11H2,(H,19,20). The Kier molecular flexibility index (Phi) is 5.39. The van der Waals surface area contributed by atoms with Crippen molar-refractivity contribution in [3.05, 3.63) is 36.5 Å². The highest BCUT2D eigenvalue weighted by Gasteiger charge is 2.05. The summed E-state index contributed by atoms with van der Waals surface area (Å²) in [5.41, 5.74) is 1.87. The van der Waals surface area contributed by atoms with E-state index in [1.165, 1.54) is 0 Å². The maximum Gasteiger partial charge on any atom is 0.138 e. The van der Waals surface area contributed by atoms with Gasteiger partial charge in [-0.2, -0.15) is 0 Å². The fraction of sp³-hybridized carbons (Fsp3) is 0.353. The van der Waals surface area contributed by atoms with Crippen molar-refractivity contribution in [1.82, 2.24) is 9.97 Å². The van der Waals surface area contributed by atoms with Crippen LogP contribution >= 0.6 is 0 Å². The summed E-state index contributed by atoms with van der Waals surface area (Å²) in [6, 6.07) is 9.89. The van der Waals surface area contributed by atoms with Gasteiger partial charge in [0.25, 0.3) is 0 Å². The Morgan fingerprint density at radius 2 is 1.78 bits per heavy atom. The fourth-order valence-corrected chi connectivity index (χ4v) is 2.40. The quantitative estimate of drug-likeness (QED) is 0.616. The van der Waals surface area contributed by atoms with Gasteiger partial charge >= 0.3 is 0 Å². The van der Waals surface area contributed by atoms with E-state index >= 15 is 0 Å². The lowest BCUT2D eigenvalue weighted by Gasteiger charge is -2.07. The van der Waals surface area contributed by atoms with Crippen LogP contribution in [-0.2, 0) is 9.47 Å². The van der Waals surface area contributed by atoms with Gasteiger partial charge in [-0.25, -0.2) is 9.37 Å². The first-order valence-corrected chi connectivity index (χ1v) is 7.59. The SMILES string of the molecule is FCCOCCOCCOc1ccc2c(c1)[nH]c1ncccc12. The monoisotopic (exact) mass is 318 g/mol. The molecule has 23 heavy (non-hydrogen) atoms. The number of ether oxygens (including phenoxy) is 3. The number of pyridine rings is 1. The second-order valence-corrected chi connectivity index (χ2v) is 4.99. The van der Waals surface area contributed by atoms with E-state index in [0.717, 1.165) is 27.7 Å². The number of hydrogen-bond donors (Lipinski definition) is 1. The molecule has 3 aromatic rings. The van der Waals surface area contributed by atoms with Gasteiger partial charge in [-0.05, 0) is 24.3 Å². The molecule has 1 N–H and O–H groups in total. The predicted molar refractivity (Wildman–Crippen MR) is 86.7 cm³/mol. The highest BCUT2D eigenvalue weighted by Crippen LogP contribution is 2.27. The summed E-state index contributed by atoms with van der Waals surface area (Å²) in [5, 5.41) is 2.23. The molecule has 6 heteroatoms. The van der Waals surface area contributed by atoms with E-state index in [2.05, 4.69) is 9.97 Å². The lowest BCUT2D eigenvalue weighted by molar-refractivity contribution is 0.0325. The van der Waals surface area contributed by atoms with Gasteiger partial charge in [0.15, 0.2) is 0 Å². The summed E-state index contributed by atoms with van der Waals surface area (Å²) in [6.07, 6.45) is 1.77. The number of halogens is 1. The summed E-state index contributed by atoms with van der Waals surface area (Å²) >= 11 is 0. The van der Waals surface area contributed by atoms with Crippen LogP contribution in [0.4, 0.5) is 4.39 Å². The van der Waals surface area contributed by atoms with Gasteiger partial charge in [-0.15, -0.1) is 0 Å². The molecule has 5 nitrogen and oxygen atoms in total. The normalized spacial score (nSPS) is 11.3. The van der Waals surface area contributed by atoms with Crippen LogP contribution in [0.15, 0.2) is 36.5 Å². The van der Waals surface area contributed by atoms with Crippen LogP contribution < -0.4 is 4.74 Å². The van der Waals surface area contributed by atoms with Crippen molar-refractivity contribution < 1.29 is 18.6 Å². The Morgan fingerprint density at radius 1 is 0.957 bits per heavy atom. The molecule has 0 aliphatic heterocycles. The van der Waals surface area contributed by atoms with E-state index in [9.17, 15) is 4.39 Å². The van der Waals surface area contributed by atoms with Crippen molar-refractivity contribution >= 4 is 21.9 Å². The molecular formula is C17H19FN2O3. The van der Waals surface area contributed by atoms with E-state index in [0.29, 0.717) is 26.4 Å². The molecular weight excluding hydrogens is 299 g/mol. The minimum Gasteiger partial charge on any atom is -0.491 e. The van der Waals surface area contributed by atoms with Gasteiger partial charge in [-0.1, -0.05) is 0 Å². The summed E-state index contributed by atoms with van der Waals surface area (Å²) < 4.78 is 27.8. The van der Waals surface area contributed by atoms with Crippen LogP contribution in [0, 0.1) is 0 Å². The number of benzene rings is 1. The topological polar surface area (TPSA) is 56.4 Å². The molecule has 0 aliphatic rings. The molecule has 0 radical (unpaired) electrons. The minimum atomic E-state index is -0.463. The largest absolute Gasteiger partial charge is 0.491 e. The molecule has 0 saturated heterocycles. The minimum absolute atomic E-state index is 0.124. The summed E-state index contributed by atoms with van der Waals surface area (Å²) in [7, 11) is 0. The van der Waals surface area contributed by atoms with Crippen LogP contribution in [0.3, 0.4) is 0 Å². The second kappa shape index (κ2) is 7.89. The first-order chi connectivity index (χ1) is 11.4. The maximum absolute atomic E-state index is 11.8. The van der Waals surface area contributed by atoms with Crippen molar-refractivity contribution in [2.45, 2.75) is 0 Å². The number of rotatable bonds is 9. The van der Waals surface area contributed by atoms with Gasteiger partial charge in [0.2, 0.25) is 0 Å². The van der Waals surface area contributed by atoms with E-state index in [1.54, 1.807) is 6.20 Å². The summed E-state index contributed by atoms with van der Waals surface area (Å²) in [6.45, 7) is 1.42. The third-order valence-corrected chi connectivity index (χ3v) is 3.43. The van der Waals surface area contributed by atoms with Crippen LogP contribution in [-0.4, -0.2) is 49.7 Å². The number of hydrogen-bond acceptors (Lipinski definition) is 4. The highest BCUT2D eigenvalue weighted by atomic mass is 19.1. The molecule has 0 aliphatic carbocycles. The Morgan fingerprint density at radius 3 is 2.65 bits per heavy atom. The first-order valence-electron chi connectivity index (χ1n) is 7.59. The highest BCUT2D eigenvalue weighted by molar-refractivity contribution is 6.06. The van der Waals surface area contributed by atoms with Crippen LogP contribution in [0.2, 0.25) is 0 Å². The van der Waals surface area contributed by atoms with E-state index in [1.807, 2.05) is 30.3 Å². The third kappa shape index (κ3) is 3.97. The molecule has 122 valence electrons. The Labute approximate surface area is 133 Å². The lowest BCUT2D eigenvalue weighted by Crippen LogP contribution is -2.11. The zero-order chi connectivity index (χ0) is 15.9. The molecule has 0 spiro atoms. The van der Waals surface area contributed by atoms with Crippen molar-refractivity contribution in [2.24, 2.45) is 0 Å². The molecule has 0 unspecified atom stereocenters. The number of nitrogens with zero attached hydrogens (tertiary/aromatic N) is 1. The van der Waals surface area contributed by atoms with Gasteiger partial charge in [-0.3, -0.25) is 0 Å². The molecule has 1 aromatic carbocycles. The lowest BCUT2D eigenvalue weighted by atomic mass is 10.2. The molecule has 0 fully saturated rings. The number of alkyl halides is 1. The van der Waals surface area contributed by atoms with Crippen LogP contribution in [0.1, 0.15) is 0 Å². The number of fused-ring (bicyclic) bond motifs is 3. The van der Waals surface area contributed by atoms with Crippen molar-refractivity contribution in [3.63, 3.8) is 0 Å². The van der Waals surface area contributed by atoms with Crippen LogP contribution in [0.5, 0.6) is 5.75 Å². The first kappa shape index (κ1) is 15.7. The molecule has 0 amide bonds. The smallest absolute Gasteiger partial charge is 0.138 e. The zero-order valence-corrected chi connectivity index (χ0v) is 12.8. The van der Waals surface area contributed by atoms with E-state index in [4.69, 9.17) is 14.2 Å². The van der Waals surface area contributed by atoms with Gasteiger partial charge in [0, 0.05) is 23.0 Å². The maximum atomic E-state index is 11.8. The summed E-state index contributed by atoms with van der Waals surface area (Å²) in [4.78, 5) is 7.59. The second-order valence-electron chi connectivity index (χ2n) is 4.99. The van der Waals surface area contributed by atoms with Crippen molar-refractivity contribution in [1.29, 1.82) is 0 Å². The number of H-pyrrole nitrogens is 1. The van der Waals surface area contributed by atoms with Crippen LogP contribution in [0.25, 0.3) is 21.9 Å². The van der Waals surface area contributed by atoms with Crippen molar-refractivity contribution in [3.8, 4) is 5.75 Å². The average molecular weight is 318 g/mol. The van der Waals surface area contributed by atoms with Crippen molar-refractivity contribution in [2.75, 3.05) is 39.7 Å². The Bertz CT molecular complexity index is 760. The van der Waals surface area contributed by atoms with Gasteiger partial charge in [0.1, 0.15) is 24.7 Å². The third-order valence-electron chi connectivity index (χ3n) is 3.43. The Hall–Kier alpha value is -2.18. The molecule has 0 atom stereocenters. The predicted octanol–water partition coefficient (Wildman–Crippen LogP) is 3.10. The van der Waals surface area contributed by atoms with Gasteiger partial charge < -0.3 is 19.2 Å². The van der Waals surface area contributed by atoms with Gasteiger partial charge in [0.05, 0.1) is 31.9 Å². The Balaban J connectivity index is 1.50. The number of nitrogens with one attached hydrogen (secondary N) is 1. The molecule has 3 rings (SSSR count). The molecule has 2 aromatic heterocycles. The van der Waals surface area contributed by atoms with E-state index in [-0.39, 0.29) is 6.61 Å². The number of aromatic amines is 1. The molecule has 2 heterocycles. The molecule has 0 saturated carbocycles. The zero-order valence-electron chi connectivity index (χ0n) is 12.8. The summed E-state index contributed by atoms with van der Waals surface area (Å²) in [5.74, 6) is 0.779. The average Bonchev–Trinajstić information content (AvgIpc) is 2.95. The fourth-order valence-electron chi connectivity index (χ4n) is 2.40.